The van der Waals surface area contributed by atoms with E-state index in [0.29, 0.717) is 12.1 Å². The summed E-state index contributed by atoms with van der Waals surface area (Å²) in [6, 6.07) is 3.71. The minimum atomic E-state index is -1.29. The Morgan fingerprint density at radius 3 is 3.17 bits per heavy atom. The molecular weight excluding hydrogens is 152 g/mol. The minimum Gasteiger partial charge on any atom is -0.370 e. The number of hydrogen-bond acceptors (Lipinski definition) is 3. The average Bonchev–Trinajstić information content (AvgIpc) is 2.04. The first-order chi connectivity index (χ1) is 5.70. The summed E-state index contributed by atoms with van der Waals surface area (Å²) in [6.07, 6.45) is 5.83. The van der Waals surface area contributed by atoms with Gasteiger partial charge in [-0.25, -0.2) is 0 Å². The van der Waals surface area contributed by atoms with Crippen LogP contribution in [0.5, 0.6) is 0 Å². The number of aromatic nitrogens is 1. The third-order valence-electron chi connectivity index (χ3n) is 1.98. The van der Waals surface area contributed by atoms with Crippen LogP contribution in [0.25, 0.3) is 6.08 Å². The van der Waals surface area contributed by atoms with Gasteiger partial charge in [-0.3, -0.25) is 10.7 Å². The van der Waals surface area contributed by atoms with Crippen LogP contribution in [-0.2, 0) is 5.72 Å². The molecule has 3 nitrogen and oxygen atoms in total. The minimum absolute atomic E-state index is 0.428. The smallest absolute Gasteiger partial charge is 0.160 e. The van der Waals surface area contributed by atoms with Gasteiger partial charge in [0.05, 0.1) is 5.69 Å². The topological polar surface area (TPSA) is 59.1 Å². The zero-order chi connectivity index (χ0) is 8.60. The standard InChI is InChI=1S/C9H10N2O/c10-9(12)5-1-3-7-4-2-6-11-8(7)9/h1-4,6,12H,5,10H2. The van der Waals surface area contributed by atoms with Crippen molar-refractivity contribution in [3.63, 3.8) is 0 Å². The lowest BCUT2D eigenvalue weighted by Crippen LogP contribution is -2.38. The molecule has 1 heterocycles. The monoisotopic (exact) mass is 162 g/mol. The number of rotatable bonds is 0. The van der Waals surface area contributed by atoms with E-state index in [4.69, 9.17) is 5.73 Å². The van der Waals surface area contributed by atoms with Gasteiger partial charge in [0.1, 0.15) is 0 Å². The Balaban J connectivity index is 2.60. The van der Waals surface area contributed by atoms with E-state index in [0.717, 1.165) is 5.56 Å². The summed E-state index contributed by atoms with van der Waals surface area (Å²) in [5, 5.41) is 9.69. The van der Waals surface area contributed by atoms with Crippen molar-refractivity contribution in [2.75, 3.05) is 0 Å². The third-order valence-corrected chi connectivity index (χ3v) is 1.98. The van der Waals surface area contributed by atoms with E-state index in [1.54, 1.807) is 6.20 Å². The van der Waals surface area contributed by atoms with Crippen LogP contribution in [0, 0.1) is 0 Å². The van der Waals surface area contributed by atoms with Crippen LogP contribution in [-0.4, -0.2) is 10.1 Å². The highest BCUT2D eigenvalue weighted by Crippen LogP contribution is 2.26. The van der Waals surface area contributed by atoms with Gasteiger partial charge in [0.2, 0.25) is 0 Å². The Morgan fingerprint density at radius 2 is 2.42 bits per heavy atom. The van der Waals surface area contributed by atoms with Crippen molar-refractivity contribution in [1.29, 1.82) is 0 Å². The maximum atomic E-state index is 9.69. The van der Waals surface area contributed by atoms with Crippen LogP contribution in [0.2, 0.25) is 0 Å². The molecule has 1 atom stereocenters. The predicted octanol–water partition coefficient (Wildman–Crippen LogP) is 0.602. The normalized spacial score (nSPS) is 26.8. The number of aliphatic hydroxyl groups is 1. The summed E-state index contributed by atoms with van der Waals surface area (Å²) in [5.74, 6) is 0. The molecule has 2 rings (SSSR count). The molecule has 0 aliphatic heterocycles. The molecule has 0 saturated carbocycles. The van der Waals surface area contributed by atoms with E-state index < -0.39 is 5.72 Å². The van der Waals surface area contributed by atoms with Gasteiger partial charge in [0.25, 0.3) is 0 Å². The molecule has 3 N–H and O–H groups in total. The van der Waals surface area contributed by atoms with Gasteiger partial charge in [-0.05, 0) is 6.07 Å². The Morgan fingerprint density at radius 1 is 1.58 bits per heavy atom. The number of nitrogens with zero attached hydrogens (tertiary/aromatic N) is 1. The first kappa shape index (κ1) is 7.46. The molecule has 1 aliphatic rings. The first-order valence-corrected chi connectivity index (χ1v) is 3.83. The lowest BCUT2D eigenvalue weighted by molar-refractivity contribution is 0.0409. The van der Waals surface area contributed by atoms with Crippen LogP contribution >= 0.6 is 0 Å². The molecule has 0 radical (unpaired) electrons. The van der Waals surface area contributed by atoms with Crippen molar-refractivity contribution >= 4 is 6.08 Å². The molecule has 0 bridgehead atoms. The second kappa shape index (κ2) is 2.40. The number of pyridine rings is 1. The Bertz CT molecular complexity index is 331. The highest BCUT2D eigenvalue weighted by Gasteiger charge is 2.28. The number of nitrogens with two attached hydrogens (primary N) is 1. The molecule has 1 aromatic rings. The lowest BCUT2D eigenvalue weighted by atomic mass is 9.95. The molecule has 0 aromatic carbocycles. The quantitative estimate of drug-likeness (QED) is 0.549. The van der Waals surface area contributed by atoms with Crippen molar-refractivity contribution in [2.24, 2.45) is 5.73 Å². The van der Waals surface area contributed by atoms with Gasteiger partial charge >= 0.3 is 0 Å². The van der Waals surface area contributed by atoms with Crippen LogP contribution in [0.4, 0.5) is 0 Å². The summed E-state index contributed by atoms with van der Waals surface area (Å²) in [4.78, 5) is 4.05. The lowest BCUT2D eigenvalue weighted by Gasteiger charge is -2.25. The van der Waals surface area contributed by atoms with E-state index >= 15 is 0 Å². The molecule has 1 unspecified atom stereocenters. The summed E-state index contributed by atoms with van der Waals surface area (Å²) in [6.45, 7) is 0. The van der Waals surface area contributed by atoms with Crippen molar-refractivity contribution in [3.05, 3.63) is 35.7 Å². The van der Waals surface area contributed by atoms with Gasteiger partial charge in [-0.2, -0.15) is 0 Å². The van der Waals surface area contributed by atoms with Gasteiger partial charge < -0.3 is 5.11 Å². The van der Waals surface area contributed by atoms with Crippen molar-refractivity contribution < 1.29 is 5.11 Å². The predicted molar refractivity (Wildman–Crippen MR) is 46.0 cm³/mol. The molecule has 62 valence electrons. The van der Waals surface area contributed by atoms with Crippen molar-refractivity contribution in [1.82, 2.24) is 4.98 Å². The fourth-order valence-corrected chi connectivity index (χ4v) is 1.38. The molecule has 1 aliphatic carbocycles. The van der Waals surface area contributed by atoms with Crippen LogP contribution in [0.3, 0.4) is 0 Å². The molecule has 1 aromatic heterocycles. The summed E-state index contributed by atoms with van der Waals surface area (Å²) in [7, 11) is 0. The van der Waals surface area contributed by atoms with E-state index in [-0.39, 0.29) is 0 Å². The summed E-state index contributed by atoms with van der Waals surface area (Å²) in [5.41, 5.74) is 5.80. The van der Waals surface area contributed by atoms with Crippen molar-refractivity contribution in [3.8, 4) is 0 Å². The fourth-order valence-electron chi connectivity index (χ4n) is 1.38. The number of hydrogen-bond donors (Lipinski definition) is 2. The van der Waals surface area contributed by atoms with E-state index in [1.807, 2.05) is 24.3 Å². The van der Waals surface area contributed by atoms with Gasteiger partial charge in [0, 0.05) is 18.2 Å². The van der Waals surface area contributed by atoms with Crippen molar-refractivity contribution in [2.45, 2.75) is 12.1 Å². The second-order valence-electron chi connectivity index (χ2n) is 2.97. The maximum absolute atomic E-state index is 9.69. The van der Waals surface area contributed by atoms with E-state index in [2.05, 4.69) is 4.98 Å². The zero-order valence-electron chi connectivity index (χ0n) is 6.57. The fraction of sp³-hybridized carbons (Fsp3) is 0.222. The Labute approximate surface area is 70.5 Å². The molecular formula is C9H10N2O. The highest BCUT2D eigenvalue weighted by molar-refractivity contribution is 5.55. The summed E-state index contributed by atoms with van der Waals surface area (Å²) >= 11 is 0. The second-order valence-corrected chi connectivity index (χ2v) is 2.97. The summed E-state index contributed by atoms with van der Waals surface area (Å²) < 4.78 is 0. The third kappa shape index (κ3) is 1.03. The molecule has 0 fully saturated rings. The van der Waals surface area contributed by atoms with Crippen LogP contribution in [0.15, 0.2) is 24.4 Å². The van der Waals surface area contributed by atoms with Crippen LogP contribution < -0.4 is 5.73 Å². The Hall–Kier alpha value is -1.19. The molecule has 0 amide bonds. The van der Waals surface area contributed by atoms with Gasteiger partial charge in [0.15, 0.2) is 5.72 Å². The van der Waals surface area contributed by atoms with E-state index in [1.165, 1.54) is 0 Å². The van der Waals surface area contributed by atoms with E-state index in [9.17, 15) is 5.11 Å². The SMILES string of the molecule is NC1(O)CC=Cc2cccnc21. The number of fused-ring (bicyclic) bond motifs is 1. The first-order valence-electron chi connectivity index (χ1n) is 3.83. The average molecular weight is 162 g/mol. The Kier molecular flexibility index (Phi) is 1.49. The largest absolute Gasteiger partial charge is 0.370 e. The molecule has 0 saturated heterocycles. The van der Waals surface area contributed by atoms with Gasteiger partial charge in [-0.1, -0.05) is 18.2 Å². The molecule has 12 heavy (non-hydrogen) atoms. The zero-order valence-corrected chi connectivity index (χ0v) is 6.57. The molecule has 0 spiro atoms. The maximum Gasteiger partial charge on any atom is 0.160 e. The highest BCUT2D eigenvalue weighted by atomic mass is 16.3. The molecule has 3 heteroatoms. The van der Waals surface area contributed by atoms with Crippen LogP contribution in [0.1, 0.15) is 17.7 Å². The van der Waals surface area contributed by atoms with Gasteiger partial charge in [-0.15, -0.1) is 0 Å².